The van der Waals surface area contributed by atoms with Crippen molar-refractivity contribution in [2.75, 3.05) is 26.6 Å². The molecule has 0 aromatic carbocycles. The lowest BCUT2D eigenvalue weighted by atomic mass is 10.0. The molecule has 0 bridgehead atoms. The molecule has 0 saturated carbocycles. The van der Waals surface area contributed by atoms with Gasteiger partial charge >= 0.3 is 0 Å². The maximum atomic E-state index is 11.5. The standard InChI is InChI=1S/C23H28N4O5S/c1-14-11-17(13-25-22(14)30-3)27-20-7-10-31-9-6-18(20)21(26-27)16-5-8-24-19(12-16)15(2)32-23(28)33(4)29/h5,8,11-13,15,23,28H,6-7,9-10H2,1-4H3/t15-,23?,33?/m1/s1. The summed E-state index contributed by atoms with van der Waals surface area (Å²) < 4.78 is 29.9. The van der Waals surface area contributed by atoms with Crippen molar-refractivity contribution in [1.82, 2.24) is 19.7 Å². The van der Waals surface area contributed by atoms with Gasteiger partial charge < -0.3 is 19.3 Å². The average molecular weight is 473 g/mol. The summed E-state index contributed by atoms with van der Waals surface area (Å²) in [4.78, 5) is 8.80. The Bertz CT molecular complexity index is 1170. The number of aliphatic hydroxyl groups is 1. The van der Waals surface area contributed by atoms with Crippen LogP contribution < -0.4 is 4.74 Å². The number of pyridine rings is 2. The lowest BCUT2D eigenvalue weighted by molar-refractivity contribution is -0.0760. The number of rotatable bonds is 7. The molecule has 0 amide bonds. The number of aromatic nitrogens is 4. The summed E-state index contributed by atoms with van der Waals surface area (Å²) in [5.41, 5.74) is 4.98. The van der Waals surface area contributed by atoms with Crippen molar-refractivity contribution in [3.8, 4) is 22.8 Å². The average Bonchev–Trinajstić information content (AvgIpc) is 2.99. The Hall–Kier alpha value is -2.66. The third-order valence-electron chi connectivity index (χ3n) is 5.60. The molecule has 9 nitrogen and oxygen atoms in total. The molecule has 1 aliphatic rings. The molecule has 0 spiro atoms. The van der Waals surface area contributed by atoms with E-state index in [1.807, 2.05) is 29.8 Å². The zero-order valence-corrected chi connectivity index (χ0v) is 20.0. The van der Waals surface area contributed by atoms with E-state index in [0.717, 1.165) is 46.6 Å². The fourth-order valence-electron chi connectivity index (χ4n) is 3.91. The van der Waals surface area contributed by atoms with Gasteiger partial charge in [-0.05, 0) is 38.5 Å². The number of nitrogens with zero attached hydrogens (tertiary/aromatic N) is 4. The molecule has 3 atom stereocenters. The lowest BCUT2D eigenvalue weighted by Crippen LogP contribution is -2.19. The molecule has 2 unspecified atom stereocenters. The van der Waals surface area contributed by atoms with E-state index in [2.05, 4.69) is 9.97 Å². The van der Waals surface area contributed by atoms with Crippen LogP contribution in [0.4, 0.5) is 0 Å². The highest BCUT2D eigenvalue weighted by Crippen LogP contribution is 2.32. The maximum absolute atomic E-state index is 11.5. The van der Waals surface area contributed by atoms with Gasteiger partial charge in [-0.3, -0.25) is 9.19 Å². The van der Waals surface area contributed by atoms with Gasteiger partial charge in [-0.25, -0.2) is 9.67 Å². The van der Waals surface area contributed by atoms with Gasteiger partial charge in [-0.15, -0.1) is 0 Å². The largest absolute Gasteiger partial charge is 0.481 e. The van der Waals surface area contributed by atoms with Crippen molar-refractivity contribution in [2.24, 2.45) is 0 Å². The van der Waals surface area contributed by atoms with Crippen LogP contribution >= 0.6 is 0 Å². The molecular formula is C23H28N4O5S. The summed E-state index contributed by atoms with van der Waals surface area (Å²) in [7, 11) is 0.0934. The number of aliphatic hydroxyl groups excluding tert-OH is 1. The molecule has 1 aliphatic heterocycles. The first-order valence-corrected chi connectivity index (χ1v) is 12.3. The van der Waals surface area contributed by atoms with E-state index in [-0.39, 0.29) is 0 Å². The smallest absolute Gasteiger partial charge is 0.234 e. The van der Waals surface area contributed by atoms with Crippen LogP contribution in [0.15, 0.2) is 30.6 Å². The highest BCUT2D eigenvalue weighted by atomic mass is 32.2. The van der Waals surface area contributed by atoms with E-state index >= 15 is 0 Å². The van der Waals surface area contributed by atoms with Gasteiger partial charge in [0.2, 0.25) is 11.5 Å². The van der Waals surface area contributed by atoms with Gasteiger partial charge in [0.25, 0.3) is 0 Å². The lowest BCUT2D eigenvalue weighted by Gasteiger charge is -2.16. The Labute approximate surface area is 195 Å². The highest BCUT2D eigenvalue weighted by molar-refractivity contribution is 7.84. The second-order valence-corrected chi connectivity index (χ2v) is 9.27. The molecule has 3 aromatic heterocycles. The molecule has 3 aromatic rings. The van der Waals surface area contributed by atoms with Crippen molar-refractivity contribution in [1.29, 1.82) is 0 Å². The molecule has 0 aliphatic carbocycles. The summed E-state index contributed by atoms with van der Waals surface area (Å²) in [6.07, 6.45) is 5.78. The van der Waals surface area contributed by atoms with Crippen molar-refractivity contribution < 1.29 is 23.5 Å². The number of fused-ring (bicyclic) bond motifs is 1. The highest BCUT2D eigenvalue weighted by Gasteiger charge is 2.24. The molecule has 0 saturated heterocycles. The maximum Gasteiger partial charge on any atom is 0.234 e. The van der Waals surface area contributed by atoms with Crippen molar-refractivity contribution in [3.05, 3.63) is 53.1 Å². The Balaban J connectivity index is 1.76. The van der Waals surface area contributed by atoms with Crippen molar-refractivity contribution in [3.63, 3.8) is 0 Å². The van der Waals surface area contributed by atoms with Crippen molar-refractivity contribution in [2.45, 2.75) is 38.4 Å². The molecule has 33 heavy (non-hydrogen) atoms. The first kappa shape index (κ1) is 23.5. The van der Waals surface area contributed by atoms with Gasteiger partial charge in [0.15, 0.2) is 0 Å². The Kier molecular flexibility index (Phi) is 7.18. The first-order chi connectivity index (χ1) is 15.9. The van der Waals surface area contributed by atoms with Crippen LogP contribution in [-0.2, 0) is 33.1 Å². The number of hydrogen-bond acceptors (Lipinski definition) is 8. The molecule has 0 radical (unpaired) electrons. The van der Waals surface area contributed by atoms with E-state index in [0.29, 0.717) is 24.8 Å². The van der Waals surface area contributed by atoms with Gasteiger partial charge in [0, 0.05) is 35.6 Å². The third kappa shape index (κ3) is 4.98. The zero-order chi connectivity index (χ0) is 23.5. The quantitative estimate of drug-likeness (QED) is 0.523. The number of aryl methyl sites for hydroxylation is 1. The topological polar surface area (TPSA) is 109 Å². The third-order valence-corrected chi connectivity index (χ3v) is 6.28. The number of hydrogen-bond donors (Lipinski definition) is 1. The van der Waals surface area contributed by atoms with Gasteiger partial charge in [0.05, 0.1) is 60.1 Å². The molecule has 10 heteroatoms. The van der Waals surface area contributed by atoms with E-state index in [4.69, 9.17) is 19.3 Å². The van der Waals surface area contributed by atoms with Crippen LogP contribution in [0.3, 0.4) is 0 Å². The van der Waals surface area contributed by atoms with Crippen LogP contribution in [0.5, 0.6) is 5.88 Å². The predicted octanol–water partition coefficient (Wildman–Crippen LogP) is 2.49. The molecule has 176 valence electrons. The fraction of sp³-hybridized carbons (Fsp3) is 0.435. The van der Waals surface area contributed by atoms with Crippen LogP contribution in [-0.4, -0.2) is 61.3 Å². The van der Waals surface area contributed by atoms with Crippen molar-refractivity contribution >= 4 is 10.8 Å². The molecule has 0 fully saturated rings. The Morgan fingerprint density at radius 1 is 1.24 bits per heavy atom. The fourth-order valence-corrected chi connectivity index (χ4v) is 4.24. The molecular weight excluding hydrogens is 444 g/mol. The van der Waals surface area contributed by atoms with Gasteiger partial charge in [-0.2, -0.15) is 5.10 Å². The summed E-state index contributed by atoms with van der Waals surface area (Å²) in [6.45, 7) is 4.97. The second-order valence-electron chi connectivity index (χ2n) is 7.87. The summed E-state index contributed by atoms with van der Waals surface area (Å²) in [6, 6.07) is 5.81. The second kappa shape index (κ2) is 10.1. The van der Waals surface area contributed by atoms with Crippen LogP contribution in [0, 0.1) is 6.92 Å². The summed E-state index contributed by atoms with van der Waals surface area (Å²) >= 11 is 0. The van der Waals surface area contributed by atoms with Gasteiger partial charge in [0.1, 0.15) is 6.10 Å². The van der Waals surface area contributed by atoms with Crippen LogP contribution in [0.1, 0.15) is 35.5 Å². The summed E-state index contributed by atoms with van der Waals surface area (Å²) in [5, 5.41) is 14.8. The van der Waals surface area contributed by atoms with E-state index in [9.17, 15) is 9.32 Å². The molecule has 4 rings (SSSR count). The molecule has 4 heterocycles. The Morgan fingerprint density at radius 2 is 2.03 bits per heavy atom. The molecule has 1 N–H and O–H groups in total. The summed E-state index contributed by atoms with van der Waals surface area (Å²) in [5.74, 6) is 0.587. The van der Waals surface area contributed by atoms with E-state index in [1.165, 1.54) is 6.26 Å². The predicted molar refractivity (Wildman–Crippen MR) is 124 cm³/mol. The minimum Gasteiger partial charge on any atom is -0.481 e. The van der Waals surface area contributed by atoms with Crippen LogP contribution in [0.2, 0.25) is 0 Å². The van der Waals surface area contributed by atoms with Crippen LogP contribution in [0.25, 0.3) is 16.9 Å². The van der Waals surface area contributed by atoms with Gasteiger partial charge in [-0.1, -0.05) is 0 Å². The van der Waals surface area contributed by atoms with E-state index in [1.54, 1.807) is 26.4 Å². The monoisotopic (exact) mass is 472 g/mol. The minimum absolute atomic E-state index is 0.540. The Morgan fingerprint density at radius 3 is 2.76 bits per heavy atom. The number of methoxy groups -OCH3 is 1. The number of ether oxygens (including phenoxy) is 3. The first-order valence-electron chi connectivity index (χ1n) is 10.7. The zero-order valence-electron chi connectivity index (χ0n) is 19.1. The minimum atomic E-state index is -1.51. The van der Waals surface area contributed by atoms with E-state index < -0.39 is 22.5 Å². The normalized spacial score (nSPS) is 16.5. The SMILES string of the molecule is COc1ncc(-n2nc(-c3ccnc([C@@H](C)OC(O)S(C)=O)c3)c3c2CCOCC3)cc1C.